The second-order valence-electron chi connectivity index (χ2n) is 5.72. The lowest BCUT2D eigenvalue weighted by Gasteiger charge is -2.23. The average molecular weight is 292 g/mol. The number of methoxy groups -OCH3 is 1. The molecule has 0 aliphatic heterocycles. The highest BCUT2D eigenvalue weighted by atomic mass is 16.5. The summed E-state index contributed by atoms with van der Waals surface area (Å²) in [4.78, 5) is 12.4. The van der Waals surface area contributed by atoms with Gasteiger partial charge in [0.25, 0.3) is 0 Å². The van der Waals surface area contributed by atoms with Crippen molar-refractivity contribution in [3.05, 3.63) is 71.3 Å². The average Bonchev–Trinajstić information content (AvgIpc) is 2.58. The van der Waals surface area contributed by atoms with Crippen LogP contribution >= 0.6 is 0 Å². The van der Waals surface area contributed by atoms with Crippen molar-refractivity contribution in [3.8, 4) is 5.75 Å². The van der Waals surface area contributed by atoms with Gasteiger partial charge < -0.3 is 4.74 Å². The van der Waals surface area contributed by atoms with Crippen molar-refractivity contribution in [1.29, 1.82) is 0 Å². The molecule has 0 spiro atoms. The Morgan fingerprint density at radius 3 is 2.41 bits per heavy atom. The Morgan fingerprint density at radius 1 is 1.05 bits per heavy atom. The Labute approximate surface area is 131 Å². The zero-order valence-corrected chi connectivity index (χ0v) is 12.8. The third-order valence-corrected chi connectivity index (χ3v) is 4.28. The first-order chi connectivity index (χ1) is 10.8. The molecule has 0 bridgehead atoms. The quantitative estimate of drug-likeness (QED) is 0.772. The number of hydrogen-bond donors (Lipinski definition) is 0. The van der Waals surface area contributed by atoms with Crippen LogP contribution in [0, 0.1) is 0 Å². The van der Waals surface area contributed by atoms with Gasteiger partial charge in [0, 0.05) is 6.42 Å². The molecule has 2 aromatic rings. The summed E-state index contributed by atoms with van der Waals surface area (Å²) >= 11 is 0. The van der Waals surface area contributed by atoms with E-state index in [1.165, 1.54) is 5.56 Å². The molecule has 1 fully saturated rings. The van der Waals surface area contributed by atoms with Crippen LogP contribution < -0.4 is 4.74 Å². The Morgan fingerprint density at radius 2 is 1.77 bits per heavy atom. The van der Waals surface area contributed by atoms with Crippen LogP contribution in [0.2, 0.25) is 0 Å². The van der Waals surface area contributed by atoms with E-state index in [-0.39, 0.29) is 5.78 Å². The fraction of sp³-hybridized carbons (Fsp3) is 0.250. The highest BCUT2D eigenvalue weighted by Crippen LogP contribution is 2.34. The molecular weight excluding hydrogens is 272 g/mol. The van der Waals surface area contributed by atoms with Gasteiger partial charge in [-0.3, -0.25) is 4.79 Å². The van der Waals surface area contributed by atoms with Gasteiger partial charge in [0.05, 0.1) is 7.11 Å². The molecule has 3 rings (SSSR count). The summed E-state index contributed by atoms with van der Waals surface area (Å²) in [5.41, 5.74) is 3.28. The summed E-state index contributed by atoms with van der Waals surface area (Å²) in [5.74, 6) is 1.47. The molecule has 1 aliphatic carbocycles. The number of hydrogen-bond acceptors (Lipinski definition) is 2. The van der Waals surface area contributed by atoms with Crippen LogP contribution in [0.25, 0.3) is 6.08 Å². The highest BCUT2D eigenvalue weighted by molar-refractivity contribution is 6.00. The van der Waals surface area contributed by atoms with Gasteiger partial charge in [-0.15, -0.1) is 0 Å². The number of ketones is 1. The normalized spacial score (nSPS) is 20.1. The van der Waals surface area contributed by atoms with E-state index in [1.54, 1.807) is 7.11 Å². The third kappa shape index (κ3) is 3.28. The van der Waals surface area contributed by atoms with Crippen molar-refractivity contribution in [2.45, 2.75) is 25.2 Å². The topological polar surface area (TPSA) is 26.3 Å². The van der Waals surface area contributed by atoms with Gasteiger partial charge in [0.2, 0.25) is 0 Å². The predicted octanol–water partition coefficient (Wildman–Crippen LogP) is 4.62. The van der Waals surface area contributed by atoms with Gasteiger partial charge in [-0.1, -0.05) is 42.5 Å². The minimum atomic E-state index is 0.274. The minimum Gasteiger partial charge on any atom is -0.497 e. The molecule has 1 unspecified atom stereocenters. The standard InChI is InChI=1S/C20H20O2/c1-22-19-11-7-15(8-12-19)13-18-10-9-17(14-20(18)21)16-5-3-2-4-6-16/h2-8,11-13,17H,9-10,14H2,1H3/b18-13-. The van der Waals surface area contributed by atoms with Crippen molar-refractivity contribution in [3.63, 3.8) is 0 Å². The molecule has 2 aromatic carbocycles. The second-order valence-corrected chi connectivity index (χ2v) is 5.72. The van der Waals surface area contributed by atoms with E-state index < -0.39 is 0 Å². The van der Waals surface area contributed by atoms with E-state index in [2.05, 4.69) is 12.1 Å². The first-order valence-electron chi connectivity index (χ1n) is 7.69. The largest absolute Gasteiger partial charge is 0.497 e. The number of benzene rings is 2. The number of rotatable bonds is 3. The van der Waals surface area contributed by atoms with E-state index in [9.17, 15) is 4.79 Å². The highest BCUT2D eigenvalue weighted by Gasteiger charge is 2.24. The molecule has 112 valence electrons. The molecule has 2 heteroatoms. The van der Waals surface area contributed by atoms with Crippen LogP contribution in [0.3, 0.4) is 0 Å². The Kier molecular flexibility index (Phi) is 4.38. The van der Waals surface area contributed by atoms with E-state index in [1.807, 2.05) is 48.5 Å². The van der Waals surface area contributed by atoms with Crippen molar-refractivity contribution in [2.75, 3.05) is 7.11 Å². The molecule has 1 atom stereocenters. The van der Waals surface area contributed by atoms with Gasteiger partial charge in [0.15, 0.2) is 5.78 Å². The van der Waals surface area contributed by atoms with E-state index >= 15 is 0 Å². The van der Waals surface area contributed by atoms with Crippen molar-refractivity contribution in [1.82, 2.24) is 0 Å². The van der Waals surface area contributed by atoms with Gasteiger partial charge in [-0.2, -0.15) is 0 Å². The maximum absolute atomic E-state index is 12.4. The summed E-state index contributed by atoms with van der Waals surface area (Å²) in [6.45, 7) is 0. The Hall–Kier alpha value is -2.35. The summed E-state index contributed by atoms with van der Waals surface area (Å²) in [5, 5.41) is 0. The summed E-state index contributed by atoms with van der Waals surface area (Å²) in [6.07, 6.45) is 4.52. The van der Waals surface area contributed by atoms with Gasteiger partial charge in [-0.05, 0) is 53.7 Å². The van der Waals surface area contributed by atoms with Crippen LogP contribution in [-0.4, -0.2) is 12.9 Å². The molecule has 0 aromatic heterocycles. The number of ether oxygens (including phenoxy) is 1. The van der Waals surface area contributed by atoms with E-state index in [4.69, 9.17) is 4.74 Å². The van der Waals surface area contributed by atoms with Gasteiger partial charge in [-0.25, -0.2) is 0 Å². The van der Waals surface area contributed by atoms with Crippen LogP contribution in [0.15, 0.2) is 60.2 Å². The predicted molar refractivity (Wildman–Crippen MR) is 89.0 cm³/mol. The molecule has 0 heterocycles. The fourth-order valence-electron chi connectivity index (χ4n) is 2.99. The maximum Gasteiger partial charge on any atom is 0.159 e. The molecule has 1 saturated carbocycles. The molecule has 1 aliphatic rings. The van der Waals surface area contributed by atoms with Crippen LogP contribution in [0.5, 0.6) is 5.75 Å². The number of carbonyl (C=O) groups excluding carboxylic acids is 1. The van der Waals surface area contributed by atoms with Crippen molar-refractivity contribution in [2.24, 2.45) is 0 Å². The number of allylic oxidation sites excluding steroid dienone is 1. The SMILES string of the molecule is COc1ccc(/C=C2/CCC(c3ccccc3)CC2=O)cc1. The van der Waals surface area contributed by atoms with Crippen LogP contribution in [0.4, 0.5) is 0 Å². The lowest BCUT2D eigenvalue weighted by Crippen LogP contribution is -2.16. The monoisotopic (exact) mass is 292 g/mol. The van der Waals surface area contributed by atoms with Crippen LogP contribution in [0.1, 0.15) is 36.3 Å². The van der Waals surface area contributed by atoms with E-state index in [0.717, 1.165) is 29.7 Å². The first kappa shape index (κ1) is 14.6. The molecule has 2 nitrogen and oxygen atoms in total. The lowest BCUT2D eigenvalue weighted by atomic mass is 9.80. The zero-order chi connectivity index (χ0) is 15.4. The molecule has 0 saturated heterocycles. The lowest BCUT2D eigenvalue weighted by molar-refractivity contribution is -0.116. The summed E-state index contributed by atoms with van der Waals surface area (Å²) in [7, 11) is 1.65. The first-order valence-corrected chi connectivity index (χ1v) is 7.69. The van der Waals surface area contributed by atoms with E-state index in [0.29, 0.717) is 12.3 Å². The van der Waals surface area contributed by atoms with Crippen molar-refractivity contribution < 1.29 is 9.53 Å². The maximum atomic E-state index is 12.4. The molecule has 0 radical (unpaired) electrons. The molecule has 0 amide bonds. The van der Waals surface area contributed by atoms with Gasteiger partial charge in [0.1, 0.15) is 5.75 Å². The second kappa shape index (κ2) is 6.61. The summed E-state index contributed by atoms with van der Waals surface area (Å²) < 4.78 is 5.16. The molecule has 0 N–H and O–H groups in total. The third-order valence-electron chi connectivity index (χ3n) is 4.28. The van der Waals surface area contributed by atoms with Gasteiger partial charge >= 0.3 is 0 Å². The summed E-state index contributed by atoms with van der Waals surface area (Å²) in [6, 6.07) is 18.2. The van der Waals surface area contributed by atoms with Crippen molar-refractivity contribution >= 4 is 11.9 Å². The Balaban J connectivity index is 1.72. The molecule has 22 heavy (non-hydrogen) atoms. The zero-order valence-electron chi connectivity index (χ0n) is 12.8. The Bertz CT molecular complexity index is 669. The fourth-order valence-corrected chi connectivity index (χ4v) is 2.99. The molecular formula is C20H20O2. The number of carbonyl (C=O) groups is 1. The van der Waals surface area contributed by atoms with Crippen LogP contribution in [-0.2, 0) is 4.79 Å². The number of Topliss-reactive ketones (excluding diaryl/α,β-unsaturated/α-hetero) is 1. The minimum absolute atomic E-state index is 0.274. The smallest absolute Gasteiger partial charge is 0.159 e.